The van der Waals surface area contributed by atoms with Crippen molar-refractivity contribution in [2.45, 2.75) is 41.4 Å². The van der Waals surface area contributed by atoms with E-state index in [4.69, 9.17) is 4.98 Å². The third-order valence-electron chi connectivity index (χ3n) is 6.26. The summed E-state index contributed by atoms with van der Waals surface area (Å²) in [7, 11) is -7.43. The molecule has 0 unspecified atom stereocenters. The molecule has 2 saturated heterocycles. The fourth-order valence-electron chi connectivity index (χ4n) is 4.43. The number of hydrogen-bond donors (Lipinski definition) is 0. The van der Waals surface area contributed by atoms with Gasteiger partial charge in [0.2, 0.25) is 20.0 Å². The Hall–Kier alpha value is -1.85. The van der Waals surface area contributed by atoms with Gasteiger partial charge in [-0.2, -0.15) is 8.61 Å². The molecule has 3 heterocycles. The minimum Gasteiger partial charge on any atom is -0.241 e. The first-order chi connectivity index (χ1) is 15.4. The first kappa shape index (κ1) is 22.0. The molecule has 5 rings (SSSR count). The third-order valence-corrected chi connectivity index (χ3v) is 11.2. The highest BCUT2D eigenvalue weighted by atomic mass is 32.2. The number of aromatic nitrogens is 1. The molecule has 0 bridgehead atoms. The second-order valence-electron chi connectivity index (χ2n) is 8.28. The number of benzene rings is 2. The Morgan fingerprint density at radius 2 is 1.38 bits per heavy atom. The van der Waals surface area contributed by atoms with Crippen LogP contribution in [0.2, 0.25) is 0 Å². The van der Waals surface area contributed by atoms with E-state index < -0.39 is 20.0 Å². The molecule has 170 valence electrons. The van der Waals surface area contributed by atoms with Gasteiger partial charge in [-0.1, -0.05) is 18.2 Å². The van der Waals surface area contributed by atoms with Gasteiger partial charge in [0.15, 0.2) is 0 Å². The predicted octanol–water partition coefficient (Wildman–Crippen LogP) is 3.65. The second-order valence-corrected chi connectivity index (χ2v) is 13.2. The van der Waals surface area contributed by atoms with Gasteiger partial charge in [0, 0.05) is 32.1 Å². The number of nitrogens with zero attached hydrogens (tertiary/aromatic N) is 3. The van der Waals surface area contributed by atoms with E-state index >= 15 is 0 Å². The van der Waals surface area contributed by atoms with Crippen molar-refractivity contribution >= 4 is 41.6 Å². The van der Waals surface area contributed by atoms with Gasteiger partial charge >= 0.3 is 0 Å². The standard InChI is InChI=1S/C22H25N3O4S3/c26-31(27,24-12-3-4-13-24)18-6-5-7-19(16-18)32(28,29)25-14-10-17(11-15-25)22-23-20-8-1-2-9-21(20)30-22/h1-2,5-9,16-17H,3-4,10-15H2. The summed E-state index contributed by atoms with van der Waals surface area (Å²) in [6.45, 7) is 1.76. The van der Waals surface area contributed by atoms with Crippen molar-refractivity contribution in [2.75, 3.05) is 26.2 Å². The molecular weight excluding hydrogens is 466 g/mol. The van der Waals surface area contributed by atoms with Crippen LogP contribution in [0, 0.1) is 0 Å². The van der Waals surface area contributed by atoms with E-state index in [0.717, 1.165) is 28.1 Å². The largest absolute Gasteiger partial charge is 0.243 e. The molecule has 2 aliphatic rings. The van der Waals surface area contributed by atoms with E-state index in [0.29, 0.717) is 39.0 Å². The van der Waals surface area contributed by atoms with Gasteiger partial charge < -0.3 is 0 Å². The van der Waals surface area contributed by atoms with Crippen LogP contribution in [0.25, 0.3) is 10.2 Å². The molecule has 10 heteroatoms. The number of sulfonamides is 2. The minimum absolute atomic E-state index is 0.0382. The Morgan fingerprint density at radius 1 is 0.781 bits per heavy atom. The van der Waals surface area contributed by atoms with Crippen LogP contribution in [0.5, 0.6) is 0 Å². The van der Waals surface area contributed by atoms with Gasteiger partial charge in [0.1, 0.15) is 0 Å². The van der Waals surface area contributed by atoms with E-state index in [1.54, 1.807) is 11.3 Å². The van der Waals surface area contributed by atoms with Gasteiger partial charge in [-0.25, -0.2) is 21.8 Å². The van der Waals surface area contributed by atoms with E-state index in [-0.39, 0.29) is 15.7 Å². The Bertz CT molecular complexity index is 1300. The smallest absolute Gasteiger partial charge is 0.241 e. The van der Waals surface area contributed by atoms with Crippen molar-refractivity contribution < 1.29 is 16.8 Å². The fourth-order valence-corrected chi connectivity index (χ4v) is 8.72. The van der Waals surface area contributed by atoms with Crippen LogP contribution in [0.1, 0.15) is 36.6 Å². The van der Waals surface area contributed by atoms with Crippen LogP contribution in [-0.4, -0.2) is 56.6 Å². The summed E-state index contributed by atoms with van der Waals surface area (Å²) in [5.41, 5.74) is 0.985. The number of piperidine rings is 1. The molecule has 0 atom stereocenters. The van der Waals surface area contributed by atoms with Crippen LogP contribution in [-0.2, 0) is 20.0 Å². The summed E-state index contributed by atoms with van der Waals surface area (Å²) < 4.78 is 56.4. The molecule has 3 aromatic rings. The maximum atomic E-state index is 13.3. The highest BCUT2D eigenvalue weighted by Crippen LogP contribution is 2.35. The summed E-state index contributed by atoms with van der Waals surface area (Å²) in [5.74, 6) is 0.237. The number of thiazole rings is 1. The zero-order valence-corrected chi connectivity index (χ0v) is 20.0. The minimum atomic E-state index is -3.77. The molecule has 0 spiro atoms. The molecule has 7 nitrogen and oxygen atoms in total. The van der Waals surface area contributed by atoms with E-state index in [1.165, 1.54) is 32.9 Å². The van der Waals surface area contributed by atoms with E-state index in [2.05, 4.69) is 6.07 Å². The van der Waals surface area contributed by atoms with Gasteiger partial charge in [-0.3, -0.25) is 0 Å². The van der Waals surface area contributed by atoms with Crippen molar-refractivity contribution in [2.24, 2.45) is 0 Å². The summed E-state index contributed by atoms with van der Waals surface area (Å²) >= 11 is 1.68. The monoisotopic (exact) mass is 491 g/mol. The first-order valence-corrected chi connectivity index (χ1v) is 14.5. The SMILES string of the molecule is O=S(=O)(c1cccc(S(=O)(=O)N2CCC(c3nc4ccccc4s3)CC2)c1)N1CCCC1. The Labute approximate surface area is 192 Å². The summed E-state index contributed by atoms with van der Waals surface area (Å²) in [6, 6.07) is 13.8. The molecule has 2 aliphatic heterocycles. The third kappa shape index (κ3) is 3.99. The Balaban J connectivity index is 1.33. The molecule has 2 fully saturated rings. The second kappa shape index (κ2) is 8.49. The Kier molecular flexibility index (Phi) is 5.83. The number of rotatable bonds is 5. The predicted molar refractivity (Wildman–Crippen MR) is 125 cm³/mol. The lowest BCUT2D eigenvalue weighted by atomic mass is 9.99. The summed E-state index contributed by atoms with van der Waals surface area (Å²) in [6.07, 6.45) is 3.07. The maximum Gasteiger partial charge on any atom is 0.243 e. The maximum absolute atomic E-state index is 13.3. The van der Waals surface area contributed by atoms with Crippen LogP contribution in [0.15, 0.2) is 58.3 Å². The fraction of sp³-hybridized carbons (Fsp3) is 0.409. The Morgan fingerprint density at radius 3 is 2.00 bits per heavy atom. The molecule has 0 saturated carbocycles. The van der Waals surface area contributed by atoms with Crippen LogP contribution in [0.3, 0.4) is 0 Å². The molecular formula is C22H25N3O4S3. The normalized spacial score (nSPS) is 19.6. The topological polar surface area (TPSA) is 87.6 Å². The quantitative estimate of drug-likeness (QED) is 0.544. The number of fused-ring (bicyclic) bond motifs is 1. The summed E-state index contributed by atoms with van der Waals surface area (Å²) in [4.78, 5) is 4.82. The summed E-state index contributed by atoms with van der Waals surface area (Å²) in [5, 5.41) is 1.06. The molecule has 0 radical (unpaired) electrons. The highest BCUT2D eigenvalue weighted by molar-refractivity contribution is 7.90. The molecule has 2 aromatic carbocycles. The van der Waals surface area contributed by atoms with Crippen molar-refractivity contribution in [1.29, 1.82) is 0 Å². The average molecular weight is 492 g/mol. The van der Waals surface area contributed by atoms with Crippen LogP contribution in [0.4, 0.5) is 0 Å². The van der Waals surface area contributed by atoms with E-state index in [9.17, 15) is 16.8 Å². The van der Waals surface area contributed by atoms with Crippen molar-refractivity contribution in [3.63, 3.8) is 0 Å². The number of para-hydroxylation sites is 1. The number of hydrogen-bond acceptors (Lipinski definition) is 6. The van der Waals surface area contributed by atoms with Crippen LogP contribution >= 0.6 is 11.3 Å². The lowest BCUT2D eigenvalue weighted by Crippen LogP contribution is -2.38. The van der Waals surface area contributed by atoms with Crippen molar-refractivity contribution in [1.82, 2.24) is 13.6 Å². The first-order valence-electron chi connectivity index (χ1n) is 10.8. The molecule has 0 amide bonds. The lowest BCUT2D eigenvalue weighted by molar-refractivity contribution is 0.319. The zero-order valence-electron chi connectivity index (χ0n) is 17.6. The molecule has 0 aliphatic carbocycles. The molecule has 32 heavy (non-hydrogen) atoms. The van der Waals surface area contributed by atoms with Crippen LogP contribution < -0.4 is 0 Å². The van der Waals surface area contributed by atoms with E-state index in [1.807, 2.05) is 18.2 Å². The van der Waals surface area contributed by atoms with Gasteiger partial charge in [0.25, 0.3) is 0 Å². The molecule has 0 N–H and O–H groups in total. The van der Waals surface area contributed by atoms with Gasteiger partial charge in [-0.15, -0.1) is 11.3 Å². The lowest BCUT2D eigenvalue weighted by Gasteiger charge is -2.30. The van der Waals surface area contributed by atoms with Gasteiger partial charge in [-0.05, 0) is 56.0 Å². The average Bonchev–Trinajstić information content (AvgIpc) is 3.50. The molecule has 1 aromatic heterocycles. The van der Waals surface area contributed by atoms with Crippen molar-refractivity contribution in [3.8, 4) is 0 Å². The van der Waals surface area contributed by atoms with Gasteiger partial charge in [0.05, 0.1) is 25.0 Å². The highest BCUT2D eigenvalue weighted by Gasteiger charge is 2.33. The zero-order chi connectivity index (χ0) is 22.3. The van der Waals surface area contributed by atoms with Crippen molar-refractivity contribution in [3.05, 3.63) is 53.5 Å².